The normalized spacial score (nSPS) is 11.4. The Balaban J connectivity index is 2.51. The molecule has 90 valence electrons. The Bertz CT molecular complexity index is 361. The van der Waals surface area contributed by atoms with Crippen LogP contribution in [0.4, 0.5) is 5.82 Å². The molecule has 0 spiro atoms. The van der Waals surface area contributed by atoms with Gasteiger partial charge in [-0.2, -0.15) is 0 Å². The first-order valence-corrected chi connectivity index (χ1v) is 4.96. The van der Waals surface area contributed by atoms with Gasteiger partial charge in [-0.25, -0.2) is 4.63 Å². The molecule has 0 aliphatic carbocycles. The van der Waals surface area contributed by atoms with Crippen molar-refractivity contribution in [3.05, 3.63) is 5.69 Å². The van der Waals surface area contributed by atoms with Gasteiger partial charge in [0.05, 0.1) is 5.60 Å². The van der Waals surface area contributed by atoms with E-state index in [1.54, 1.807) is 0 Å². The zero-order valence-electron chi connectivity index (χ0n) is 9.61. The van der Waals surface area contributed by atoms with Crippen LogP contribution in [-0.2, 0) is 4.74 Å². The number of hydrogen-bond donors (Lipinski definition) is 2. The van der Waals surface area contributed by atoms with Crippen molar-refractivity contribution in [2.75, 3.05) is 18.9 Å². The van der Waals surface area contributed by atoms with Crippen molar-refractivity contribution < 1.29 is 14.2 Å². The van der Waals surface area contributed by atoms with Crippen LogP contribution in [0.25, 0.3) is 0 Å². The van der Waals surface area contributed by atoms with Crippen LogP contribution in [0.15, 0.2) is 4.63 Å². The van der Waals surface area contributed by atoms with Crippen molar-refractivity contribution >= 4 is 11.7 Å². The van der Waals surface area contributed by atoms with Gasteiger partial charge in [0, 0.05) is 13.2 Å². The fraction of sp³-hybridized carbons (Fsp3) is 0.667. The number of nitrogen functional groups attached to an aromatic ring is 1. The minimum Gasteiger partial charge on any atom is -0.379 e. The van der Waals surface area contributed by atoms with Crippen molar-refractivity contribution in [1.82, 2.24) is 15.6 Å². The standard InChI is InChI=1S/C9H16N4O3/c1-4-15-9(2,3)5-11-8(14)6-7(10)13-16-12-6/h4-5H2,1-3H3,(H2,10,13)(H,11,14). The zero-order valence-corrected chi connectivity index (χ0v) is 9.61. The lowest BCUT2D eigenvalue weighted by molar-refractivity contribution is -0.00820. The number of nitrogens with one attached hydrogen (secondary N) is 1. The first kappa shape index (κ1) is 12.4. The van der Waals surface area contributed by atoms with E-state index < -0.39 is 11.5 Å². The fourth-order valence-electron chi connectivity index (χ4n) is 1.17. The van der Waals surface area contributed by atoms with Crippen LogP contribution in [0, 0.1) is 0 Å². The maximum Gasteiger partial charge on any atom is 0.277 e. The van der Waals surface area contributed by atoms with E-state index in [2.05, 4.69) is 20.3 Å². The lowest BCUT2D eigenvalue weighted by Gasteiger charge is -2.24. The van der Waals surface area contributed by atoms with Crippen molar-refractivity contribution in [2.45, 2.75) is 26.4 Å². The van der Waals surface area contributed by atoms with Gasteiger partial charge in [0.25, 0.3) is 5.91 Å². The Morgan fingerprint density at radius 3 is 2.75 bits per heavy atom. The first-order chi connectivity index (χ1) is 7.46. The largest absolute Gasteiger partial charge is 0.379 e. The molecule has 0 unspecified atom stereocenters. The molecule has 1 aromatic heterocycles. The van der Waals surface area contributed by atoms with E-state index in [9.17, 15) is 4.79 Å². The van der Waals surface area contributed by atoms with Crippen molar-refractivity contribution in [1.29, 1.82) is 0 Å². The maximum absolute atomic E-state index is 11.6. The first-order valence-electron chi connectivity index (χ1n) is 4.96. The number of nitrogens with zero attached hydrogens (tertiary/aromatic N) is 2. The molecule has 1 heterocycles. The van der Waals surface area contributed by atoms with E-state index in [0.717, 1.165) is 0 Å². The Morgan fingerprint density at radius 2 is 2.25 bits per heavy atom. The van der Waals surface area contributed by atoms with Gasteiger partial charge in [-0.3, -0.25) is 4.79 Å². The summed E-state index contributed by atoms with van der Waals surface area (Å²) in [6.45, 7) is 6.58. The SMILES string of the molecule is CCOC(C)(C)CNC(=O)c1nonc1N. The Morgan fingerprint density at radius 1 is 1.56 bits per heavy atom. The van der Waals surface area contributed by atoms with Crippen molar-refractivity contribution in [3.63, 3.8) is 0 Å². The summed E-state index contributed by atoms with van der Waals surface area (Å²) in [5.74, 6) is -0.446. The molecule has 0 saturated carbocycles. The van der Waals surface area contributed by atoms with Crippen LogP contribution >= 0.6 is 0 Å². The van der Waals surface area contributed by atoms with Gasteiger partial charge < -0.3 is 15.8 Å². The second kappa shape index (κ2) is 4.93. The van der Waals surface area contributed by atoms with Gasteiger partial charge in [0.15, 0.2) is 0 Å². The quantitative estimate of drug-likeness (QED) is 0.746. The molecule has 0 aromatic carbocycles. The number of nitrogens with two attached hydrogens (primary N) is 1. The molecular formula is C9H16N4O3. The van der Waals surface area contributed by atoms with Crippen LogP contribution in [0.1, 0.15) is 31.3 Å². The van der Waals surface area contributed by atoms with Crippen molar-refractivity contribution in [2.24, 2.45) is 0 Å². The summed E-state index contributed by atoms with van der Waals surface area (Å²) in [5.41, 5.74) is 4.94. The second-order valence-electron chi connectivity index (χ2n) is 3.87. The zero-order chi connectivity index (χ0) is 12.2. The number of rotatable bonds is 5. The highest BCUT2D eigenvalue weighted by atomic mass is 16.6. The van der Waals surface area contributed by atoms with E-state index in [1.165, 1.54) is 0 Å². The van der Waals surface area contributed by atoms with Gasteiger partial charge in [-0.1, -0.05) is 0 Å². The predicted octanol–water partition coefficient (Wildman–Crippen LogP) is 0.197. The number of ether oxygens (including phenoxy) is 1. The summed E-state index contributed by atoms with van der Waals surface area (Å²) in [7, 11) is 0. The van der Waals surface area contributed by atoms with Crippen molar-refractivity contribution in [3.8, 4) is 0 Å². The Kier molecular flexibility index (Phi) is 3.83. The number of carbonyl (C=O) groups is 1. The molecule has 0 aliphatic rings. The summed E-state index contributed by atoms with van der Waals surface area (Å²) in [6.07, 6.45) is 0. The highest BCUT2D eigenvalue weighted by Gasteiger charge is 2.21. The molecule has 0 radical (unpaired) electrons. The van der Waals surface area contributed by atoms with Crippen LogP contribution in [0.3, 0.4) is 0 Å². The molecule has 0 bridgehead atoms. The third kappa shape index (κ3) is 3.20. The van der Waals surface area contributed by atoms with E-state index in [0.29, 0.717) is 13.2 Å². The smallest absolute Gasteiger partial charge is 0.277 e. The number of hydrogen-bond acceptors (Lipinski definition) is 6. The molecule has 1 amide bonds. The van der Waals surface area contributed by atoms with Gasteiger partial charge in [-0.05, 0) is 31.1 Å². The molecule has 7 heteroatoms. The molecule has 1 rings (SSSR count). The molecule has 16 heavy (non-hydrogen) atoms. The summed E-state index contributed by atoms with van der Waals surface area (Å²) in [5, 5.41) is 9.36. The molecule has 0 aliphatic heterocycles. The molecule has 3 N–H and O–H groups in total. The number of aromatic nitrogens is 2. The Labute approximate surface area is 93.3 Å². The highest BCUT2D eigenvalue weighted by molar-refractivity contribution is 5.95. The lowest BCUT2D eigenvalue weighted by atomic mass is 10.1. The van der Waals surface area contributed by atoms with Crippen LogP contribution in [0.5, 0.6) is 0 Å². The molecular weight excluding hydrogens is 212 g/mol. The average Bonchev–Trinajstić information content (AvgIpc) is 2.61. The third-order valence-corrected chi connectivity index (χ3v) is 1.94. The number of amides is 1. The molecule has 7 nitrogen and oxygen atoms in total. The summed E-state index contributed by atoms with van der Waals surface area (Å²) < 4.78 is 9.75. The molecule has 0 fully saturated rings. The van der Waals surface area contributed by atoms with Gasteiger partial charge in [-0.15, -0.1) is 0 Å². The third-order valence-electron chi connectivity index (χ3n) is 1.94. The van der Waals surface area contributed by atoms with E-state index in [-0.39, 0.29) is 11.5 Å². The summed E-state index contributed by atoms with van der Waals surface area (Å²) in [4.78, 5) is 11.6. The summed E-state index contributed by atoms with van der Waals surface area (Å²) >= 11 is 0. The topological polar surface area (TPSA) is 103 Å². The van der Waals surface area contributed by atoms with Gasteiger partial charge in [0.2, 0.25) is 11.5 Å². The lowest BCUT2D eigenvalue weighted by Crippen LogP contribution is -2.40. The van der Waals surface area contributed by atoms with E-state index in [1.807, 2.05) is 20.8 Å². The Hall–Kier alpha value is -1.63. The van der Waals surface area contributed by atoms with Gasteiger partial charge >= 0.3 is 0 Å². The van der Waals surface area contributed by atoms with E-state index in [4.69, 9.17) is 10.5 Å². The minimum absolute atomic E-state index is 0.00713. The second-order valence-corrected chi connectivity index (χ2v) is 3.87. The van der Waals surface area contributed by atoms with Crippen LogP contribution in [0.2, 0.25) is 0 Å². The van der Waals surface area contributed by atoms with Crippen LogP contribution in [-0.4, -0.2) is 35.0 Å². The molecule has 1 aromatic rings. The minimum atomic E-state index is -0.434. The van der Waals surface area contributed by atoms with Gasteiger partial charge in [0.1, 0.15) is 0 Å². The van der Waals surface area contributed by atoms with E-state index >= 15 is 0 Å². The number of anilines is 1. The number of carbonyl (C=O) groups excluding carboxylic acids is 1. The molecule has 0 atom stereocenters. The fourth-order valence-corrected chi connectivity index (χ4v) is 1.17. The summed E-state index contributed by atoms with van der Waals surface area (Å²) in [6, 6.07) is 0. The maximum atomic E-state index is 11.6. The average molecular weight is 228 g/mol. The predicted molar refractivity (Wildman–Crippen MR) is 56.7 cm³/mol. The monoisotopic (exact) mass is 228 g/mol. The van der Waals surface area contributed by atoms with Crippen LogP contribution < -0.4 is 11.1 Å². The molecule has 0 saturated heterocycles. The highest BCUT2D eigenvalue weighted by Crippen LogP contribution is 2.08.